The molecule has 3 heterocycles. The lowest BCUT2D eigenvalue weighted by atomic mass is 10.0. The van der Waals surface area contributed by atoms with Crippen molar-refractivity contribution in [3.63, 3.8) is 0 Å². The molecule has 138 valence electrons. The molecule has 0 bridgehead atoms. The summed E-state index contributed by atoms with van der Waals surface area (Å²) in [5, 5.41) is 12.5. The Morgan fingerprint density at radius 2 is 2.19 bits per heavy atom. The number of hydrogen-bond acceptors (Lipinski definition) is 7. The van der Waals surface area contributed by atoms with Crippen LogP contribution in [0.25, 0.3) is 0 Å². The molecule has 1 aromatic heterocycles. The lowest BCUT2D eigenvalue weighted by molar-refractivity contribution is 0.193. The van der Waals surface area contributed by atoms with Crippen LogP contribution >= 0.6 is 0 Å². The molecular weight excluding hydrogens is 332 g/mol. The van der Waals surface area contributed by atoms with Gasteiger partial charge < -0.3 is 24.8 Å². The highest BCUT2D eigenvalue weighted by Crippen LogP contribution is 2.30. The number of benzene rings is 1. The van der Waals surface area contributed by atoms with Crippen LogP contribution in [0.2, 0.25) is 0 Å². The van der Waals surface area contributed by atoms with Gasteiger partial charge in [0, 0.05) is 37.7 Å². The number of aromatic nitrogens is 2. The first-order valence-corrected chi connectivity index (χ1v) is 9.01. The molecule has 2 N–H and O–H groups in total. The van der Waals surface area contributed by atoms with E-state index in [4.69, 9.17) is 9.47 Å². The van der Waals surface area contributed by atoms with Gasteiger partial charge in [-0.2, -0.15) is 4.98 Å². The Labute approximate surface area is 153 Å². The van der Waals surface area contributed by atoms with Crippen molar-refractivity contribution >= 4 is 11.8 Å². The summed E-state index contributed by atoms with van der Waals surface area (Å²) in [4.78, 5) is 11.5. The molecule has 26 heavy (non-hydrogen) atoms. The van der Waals surface area contributed by atoms with Crippen LogP contribution in [0, 0.1) is 0 Å². The second kappa shape index (κ2) is 7.47. The summed E-state index contributed by atoms with van der Waals surface area (Å²) >= 11 is 0. The molecule has 2 aliphatic heterocycles. The number of hydrogen-bond donors (Lipinski definition) is 2. The van der Waals surface area contributed by atoms with E-state index in [0.717, 1.165) is 48.0 Å². The Morgan fingerprint density at radius 1 is 1.27 bits per heavy atom. The van der Waals surface area contributed by atoms with Gasteiger partial charge in [-0.3, -0.25) is 0 Å². The fourth-order valence-corrected chi connectivity index (χ4v) is 3.44. The summed E-state index contributed by atoms with van der Waals surface area (Å²) in [6, 6.07) is 7.90. The molecule has 2 aliphatic rings. The molecule has 1 saturated heterocycles. The molecule has 7 nitrogen and oxygen atoms in total. The summed E-state index contributed by atoms with van der Waals surface area (Å²) in [5.41, 5.74) is 2.97. The Balaban J connectivity index is 1.66. The van der Waals surface area contributed by atoms with Crippen LogP contribution in [-0.2, 0) is 17.9 Å². The van der Waals surface area contributed by atoms with Crippen LogP contribution in [0.5, 0.6) is 5.75 Å². The van der Waals surface area contributed by atoms with Crippen LogP contribution in [0.3, 0.4) is 0 Å². The topological polar surface area (TPSA) is 79.7 Å². The van der Waals surface area contributed by atoms with Gasteiger partial charge in [-0.15, -0.1) is 0 Å². The molecule has 1 fully saturated rings. The standard InChI is InChI=1S/C19H24N4O3/c1-20-19-21-16(14-4-6-25-12-14)9-18(22-19)23-5-7-26-17-3-2-13(11-24)8-15(17)10-23/h2-3,8-9,14,24H,4-7,10-12H2,1H3,(H,20,21,22)/t14-/m1/s1. The third kappa shape index (κ3) is 3.45. The minimum Gasteiger partial charge on any atom is -0.491 e. The maximum absolute atomic E-state index is 9.42. The number of aliphatic hydroxyl groups is 1. The molecule has 0 spiro atoms. The number of fused-ring (bicyclic) bond motifs is 1. The van der Waals surface area contributed by atoms with Crippen molar-refractivity contribution in [3.05, 3.63) is 41.1 Å². The number of aliphatic hydroxyl groups excluding tert-OH is 1. The van der Waals surface area contributed by atoms with Gasteiger partial charge in [-0.05, 0) is 24.1 Å². The summed E-state index contributed by atoms with van der Waals surface area (Å²) in [7, 11) is 1.84. The second-order valence-electron chi connectivity index (χ2n) is 6.66. The Morgan fingerprint density at radius 3 is 2.96 bits per heavy atom. The fourth-order valence-electron chi connectivity index (χ4n) is 3.44. The van der Waals surface area contributed by atoms with Gasteiger partial charge in [0.2, 0.25) is 5.95 Å². The molecule has 0 aliphatic carbocycles. The highest BCUT2D eigenvalue weighted by atomic mass is 16.5. The van der Waals surface area contributed by atoms with Gasteiger partial charge in [0.05, 0.1) is 25.5 Å². The Hall–Kier alpha value is -2.38. The second-order valence-corrected chi connectivity index (χ2v) is 6.66. The number of nitrogens with zero attached hydrogens (tertiary/aromatic N) is 3. The lowest BCUT2D eigenvalue weighted by Crippen LogP contribution is -2.27. The predicted octanol–water partition coefficient (Wildman–Crippen LogP) is 1.91. The highest BCUT2D eigenvalue weighted by Gasteiger charge is 2.23. The van der Waals surface area contributed by atoms with Gasteiger partial charge in [-0.1, -0.05) is 6.07 Å². The molecule has 0 radical (unpaired) electrons. The summed E-state index contributed by atoms with van der Waals surface area (Å²) in [6.07, 6.45) is 0.991. The van der Waals surface area contributed by atoms with E-state index in [1.807, 2.05) is 25.2 Å². The van der Waals surface area contributed by atoms with Crippen molar-refractivity contribution < 1.29 is 14.6 Å². The number of rotatable bonds is 4. The van der Waals surface area contributed by atoms with Crippen LogP contribution < -0.4 is 15.0 Å². The zero-order valence-electron chi connectivity index (χ0n) is 14.9. The molecule has 0 amide bonds. The average molecular weight is 356 g/mol. The zero-order valence-corrected chi connectivity index (χ0v) is 14.9. The van der Waals surface area contributed by atoms with Crippen LogP contribution in [-0.4, -0.2) is 48.5 Å². The summed E-state index contributed by atoms with van der Waals surface area (Å²) < 4.78 is 11.4. The number of nitrogens with one attached hydrogen (secondary N) is 1. The molecule has 2 aromatic rings. The van der Waals surface area contributed by atoms with Gasteiger partial charge >= 0.3 is 0 Å². The van der Waals surface area contributed by atoms with Crippen LogP contribution in [0.1, 0.15) is 29.2 Å². The quantitative estimate of drug-likeness (QED) is 0.866. The van der Waals surface area contributed by atoms with E-state index in [-0.39, 0.29) is 6.61 Å². The Kier molecular flexibility index (Phi) is 4.90. The first kappa shape index (κ1) is 17.1. The van der Waals surface area contributed by atoms with E-state index in [1.165, 1.54) is 0 Å². The first-order valence-electron chi connectivity index (χ1n) is 9.01. The molecule has 7 heteroatoms. The zero-order chi connectivity index (χ0) is 17.9. The maximum atomic E-state index is 9.42. The molecular formula is C19H24N4O3. The summed E-state index contributed by atoms with van der Waals surface area (Å²) in [5.74, 6) is 2.70. The van der Waals surface area contributed by atoms with E-state index in [2.05, 4.69) is 26.3 Å². The SMILES string of the molecule is CNc1nc([C@@H]2CCOC2)cc(N2CCOc3ccc(CO)cc3C2)n1. The van der Waals surface area contributed by atoms with E-state index in [9.17, 15) is 5.11 Å². The van der Waals surface area contributed by atoms with Crippen molar-refractivity contribution in [2.45, 2.75) is 25.5 Å². The fraction of sp³-hybridized carbons (Fsp3) is 0.474. The minimum atomic E-state index is 0.0243. The van der Waals surface area contributed by atoms with E-state index >= 15 is 0 Å². The van der Waals surface area contributed by atoms with Crippen molar-refractivity contribution in [1.29, 1.82) is 0 Å². The van der Waals surface area contributed by atoms with E-state index < -0.39 is 0 Å². The largest absolute Gasteiger partial charge is 0.491 e. The van der Waals surface area contributed by atoms with Gasteiger partial charge in [0.25, 0.3) is 0 Å². The van der Waals surface area contributed by atoms with Gasteiger partial charge in [0.15, 0.2) is 0 Å². The smallest absolute Gasteiger partial charge is 0.224 e. The van der Waals surface area contributed by atoms with Crippen molar-refractivity contribution in [2.75, 3.05) is 43.6 Å². The number of anilines is 2. The van der Waals surface area contributed by atoms with Crippen molar-refractivity contribution in [1.82, 2.24) is 9.97 Å². The Bertz CT molecular complexity index is 777. The predicted molar refractivity (Wildman–Crippen MR) is 98.7 cm³/mol. The van der Waals surface area contributed by atoms with E-state index in [1.54, 1.807) is 0 Å². The normalized spacial score (nSPS) is 19.6. The molecule has 0 unspecified atom stereocenters. The van der Waals surface area contributed by atoms with Gasteiger partial charge in [0.1, 0.15) is 18.2 Å². The van der Waals surface area contributed by atoms with Crippen molar-refractivity contribution in [2.24, 2.45) is 0 Å². The van der Waals surface area contributed by atoms with Crippen molar-refractivity contribution in [3.8, 4) is 5.75 Å². The minimum absolute atomic E-state index is 0.0243. The van der Waals surface area contributed by atoms with Gasteiger partial charge in [-0.25, -0.2) is 4.98 Å². The number of ether oxygens (including phenoxy) is 2. The van der Waals surface area contributed by atoms with E-state index in [0.29, 0.717) is 31.6 Å². The first-order chi connectivity index (χ1) is 12.8. The highest BCUT2D eigenvalue weighted by molar-refractivity contribution is 5.49. The summed E-state index contributed by atoms with van der Waals surface area (Å²) in [6.45, 7) is 3.54. The molecule has 0 saturated carbocycles. The van der Waals surface area contributed by atoms with Crippen LogP contribution in [0.15, 0.2) is 24.3 Å². The monoisotopic (exact) mass is 356 g/mol. The third-order valence-electron chi connectivity index (χ3n) is 4.92. The molecule has 1 atom stereocenters. The maximum Gasteiger partial charge on any atom is 0.224 e. The third-order valence-corrected chi connectivity index (χ3v) is 4.92. The molecule has 4 rings (SSSR count). The molecule has 1 aromatic carbocycles. The average Bonchev–Trinajstić information content (AvgIpc) is 3.14. The van der Waals surface area contributed by atoms with Crippen LogP contribution in [0.4, 0.5) is 11.8 Å². The lowest BCUT2D eigenvalue weighted by Gasteiger charge is -2.23.